The van der Waals surface area contributed by atoms with E-state index in [1.165, 1.54) is 31.4 Å². The Morgan fingerprint density at radius 3 is 1.88 bits per heavy atom. The number of aliphatic carboxylic acids is 1. The number of hydrogen-bond donors (Lipinski definition) is 5. The molecule has 0 saturated carbocycles. The molecule has 2 aromatic rings. The Balaban J connectivity index is 1.82. The van der Waals surface area contributed by atoms with E-state index in [1.54, 1.807) is 56.4 Å². The number of benzene rings is 2. The smallest absolute Gasteiger partial charge is 0.303 e. The molecule has 0 fully saturated rings. The SMILES string of the molecule is COCC[N+]1=C(/C=C/C=C/C=C2/N(CCCCCC(=O)O)c3ccc(S(=O)(=O)O)cc3C2(C)CCCS(=O)(=O)O)C(C)(CCCS(=O)(=O)O)c2cc(S(=O)(=O)O)ccc21. The van der Waals surface area contributed by atoms with Crippen molar-refractivity contribution in [1.29, 1.82) is 0 Å². The predicted octanol–water partition coefficient (Wildman–Crippen LogP) is 4.94. The molecule has 2 atom stereocenters. The maximum Gasteiger partial charge on any atom is 0.303 e. The maximum absolute atomic E-state index is 12.2. The highest BCUT2D eigenvalue weighted by Gasteiger charge is 2.48. The van der Waals surface area contributed by atoms with Crippen LogP contribution in [0.1, 0.15) is 76.3 Å². The molecular weight excluding hydrogens is 853 g/mol. The molecule has 326 valence electrons. The average Bonchev–Trinajstić information content (AvgIpc) is 3.48. The largest absolute Gasteiger partial charge is 0.481 e. The lowest BCUT2D eigenvalue weighted by Crippen LogP contribution is -2.32. The zero-order chi connectivity index (χ0) is 44.0. The van der Waals surface area contributed by atoms with E-state index in [1.807, 2.05) is 9.48 Å². The molecule has 0 aliphatic carbocycles. The Labute approximate surface area is 345 Å². The number of carboxylic acid groups (broad SMARTS) is 1. The Bertz CT molecular complexity index is 2490. The van der Waals surface area contributed by atoms with Crippen LogP contribution in [-0.2, 0) is 60.8 Å². The number of hydrogen-bond acceptors (Lipinski definition) is 11. The summed E-state index contributed by atoms with van der Waals surface area (Å²) in [6.45, 7) is 4.52. The van der Waals surface area contributed by atoms with Gasteiger partial charge in [-0.15, -0.1) is 0 Å². The summed E-state index contributed by atoms with van der Waals surface area (Å²) in [5.74, 6) is -2.04. The second-order valence-electron chi connectivity index (χ2n) is 14.9. The standard InChI is InChI=1S/C38H50N2O15S4/c1-37(19-10-24-56(43,44)45)30-26-28(58(49,50)51)15-17-32(30)39(21-9-5-8-14-36(41)42)34(37)12-6-4-7-13-35-38(2,20-11-25-57(46,47)48)31-27-29(59(52,53)54)16-18-33(31)40(35)22-23-55-3/h4,6-7,12-13,15-18,26-27H,5,8-11,14,19-25H2,1-3H3,(H4-,41,42,43,44,45,46,47,48,49,50,51,52,53,54)/p+1. The molecule has 17 nitrogen and oxygen atoms in total. The number of fused-ring (bicyclic) bond motifs is 2. The van der Waals surface area contributed by atoms with E-state index < -0.39 is 68.8 Å². The molecule has 21 heteroatoms. The van der Waals surface area contributed by atoms with Gasteiger partial charge in [0.2, 0.25) is 5.69 Å². The van der Waals surface area contributed by atoms with Crippen LogP contribution in [0.3, 0.4) is 0 Å². The lowest BCUT2D eigenvalue weighted by Gasteiger charge is -2.30. The quantitative estimate of drug-likeness (QED) is 0.0453. The van der Waals surface area contributed by atoms with E-state index in [-0.39, 0.29) is 48.5 Å². The number of carboxylic acids is 1. The number of rotatable bonds is 22. The Hall–Kier alpha value is -3.80. The molecule has 0 radical (unpaired) electrons. The summed E-state index contributed by atoms with van der Waals surface area (Å²) in [5.41, 5.74) is 1.39. The molecule has 2 aliphatic rings. The second kappa shape index (κ2) is 18.9. The number of methoxy groups -OCH3 is 1. The molecule has 2 heterocycles. The number of nitrogens with zero attached hydrogens (tertiary/aromatic N) is 2. The summed E-state index contributed by atoms with van der Waals surface area (Å²) < 4.78 is 142. The summed E-state index contributed by atoms with van der Waals surface area (Å²) in [4.78, 5) is 12.3. The minimum atomic E-state index is -4.63. The summed E-state index contributed by atoms with van der Waals surface area (Å²) >= 11 is 0. The van der Waals surface area contributed by atoms with E-state index in [0.717, 1.165) is 0 Å². The van der Waals surface area contributed by atoms with Gasteiger partial charge < -0.3 is 14.7 Å². The van der Waals surface area contributed by atoms with Gasteiger partial charge in [0.1, 0.15) is 6.61 Å². The maximum atomic E-state index is 12.2. The molecule has 4 rings (SSSR count). The van der Waals surface area contributed by atoms with E-state index in [0.29, 0.717) is 66.3 Å². The van der Waals surface area contributed by atoms with Gasteiger partial charge in [-0.2, -0.15) is 38.2 Å². The number of carbonyl (C=O) groups is 1. The first kappa shape index (κ1) is 47.9. The van der Waals surface area contributed by atoms with Gasteiger partial charge in [0.15, 0.2) is 12.3 Å². The zero-order valence-electron chi connectivity index (χ0n) is 32.9. The van der Waals surface area contributed by atoms with Crippen molar-refractivity contribution in [2.75, 3.05) is 43.2 Å². The van der Waals surface area contributed by atoms with Crippen molar-refractivity contribution in [2.24, 2.45) is 0 Å². The van der Waals surface area contributed by atoms with Gasteiger partial charge in [0, 0.05) is 54.6 Å². The van der Waals surface area contributed by atoms with Crippen LogP contribution in [0.15, 0.2) is 82.3 Å². The molecule has 0 saturated heterocycles. The fraction of sp³-hybridized carbons (Fsp3) is 0.474. The highest BCUT2D eigenvalue weighted by Crippen LogP contribution is 2.51. The molecule has 2 unspecified atom stereocenters. The highest BCUT2D eigenvalue weighted by molar-refractivity contribution is 7.86. The van der Waals surface area contributed by atoms with Crippen LogP contribution in [-0.4, -0.2) is 112 Å². The van der Waals surface area contributed by atoms with Gasteiger partial charge in [-0.05, 0) is 94.3 Å². The summed E-state index contributed by atoms with van der Waals surface area (Å²) in [7, 11) is -16.4. The van der Waals surface area contributed by atoms with Crippen LogP contribution in [0.2, 0.25) is 0 Å². The van der Waals surface area contributed by atoms with Crippen molar-refractivity contribution in [3.63, 3.8) is 0 Å². The Morgan fingerprint density at radius 2 is 1.32 bits per heavy atom. The molecule has 0 aromatic heterocycles. The molecule has 0 amide bonds. The van der Waals surface area contributed by atoms with Crippen molar-refractivity contribution < 1.29 is 71.1 Å². The van der Waals surface area contributed by atoms with Crippen LogP contribution >= 0.6 is 0 Å². The predicted molar refractivity (Wildman–Crippen MR) is 220 cm³/mol. The van der Waals surface area contributed by atoms with Crippen molar-refractivity contribution in [3.05, 3.63) is 83.6 Å². The lowest BCUT2D eigenvalue weighted by molar-refractivity contribution is -0.441. The fourth-order valence-corrected chi connectivity index (χ4v) is 9.90. The Kier molecular flexibility index (Phi) is 15.3. The molecule has 2 aliphatic heterocycles. The molecule has 0 spiro atoms. The molecule has 0 bridgehead atoms. The van der Waals surface area contributed by atoms with E-state index >= 15 is 0 Å². The minimum Gasteiger partial charge on any atom is -0.481 e. The van der Waals surface area contributed by atoms with Gasteiger partial charge in [-0.3, -0.25) is 23.0 Å². The van der Waals surface area contributed by atoms with Gasteiger partial charge in [-0.25, -0.2) is 0 Å². The number of allylic oxidation sites excluding steroid dienone is 6. The van der Waals surface area contributed by atoms with Crippen LogP contribution in [0.5, 0.6) is 0 Å². The van der Waals surface area contributed by atoms with E-state index in [4.69, 9.17) is 9.84 Å². The third kappa shape index (κ3) is 12.2. The normalized spacial score (nSPS) is 20.7. The lowest BCUT2D eigenvalue weighted by atomic mass is 9.76. The van der Waals surface area contributed by atoms with Crippen LogP contribution < -0.4 is 4.90 Å². The van der Waals surface area contributed by atoms with E-state index in [9.17, 15) is 56.7 Å². The van der Waals surface area contributed by atoms with Crippen LogP contribution in [0.25, 0.3) is 0 Å². The van der Waals surface area contributed by atoms with Crippen molar-refractivity contribution >= 4 is 63.5 Å². The van der Waals surface area contributed by atoms with Crippen LogP contribution in [0, 0.1) is 0 Å². The zero-order valence-corrected chi connectivity index (χ0v) is 36.2. The average molecular weight is 904 g/mol. The molecule has 2 aromatic carbocycles. The fourth-order valence-electron chi connectivity index (χ4n) is 7.87. The second-order valence-corrected chi connectivity index (χ2v) is 20.9. The number of unbranched alkanes of at least 4 members (excludes halogenated alkanes) is 2. The van der Waals surface area contributed by atoms with Crippen LogP contribution in [0.4, 0.5) is 11.4 Å². The van der Waals surface area contributed by atoms with Gasteiger partial charge >= 0.3 is 5.97 Å². The summed E-state index contributed by atoms with van der Waals surface area (Å²) in [6, 6.07) is 8.27. The number of ether oxygens (including phenoxy) is 1. The van der Waals surface area contributed by atoms with Gasteiger partial charge in [0.05, 0.1) is 26.7 Å². The third-order valence-electron chi connectivity index (χ3n) is 10.7. The van der Waals surface area contributed by atoms with Crippen molar-refractivity contribution in [2.45, 2.75) is 85.8 Å². The molecule has 5 N–H and O–H groups in total. The van der Waals surface area contributed by atoms with Gasteiger partial charge in [0.25, 0.3) is 40.5 Å². The van der Waals surface area contributed by atoms with E-state index in [2.05, 4.69) is 0 Å². The van der Waals surface area contributed by atoms with Crippen molar-refractivity contribution in [1.82, 2.24) is 0 Å². The summed E-state index contributed by atoms with van der Waals surface area (Å²) in [5, 5.41) is 9.11. The molecular formula is C38H51N2O15S4+. The first-order valence-electron chi connectivity index (χ1n) is 18.6. The number of anilines is 1. The first-order valence-corrected chi connectivity index (χ1v) is 24.7. The third-order valence-corrected chi connectivity index (χ3v) is 14.0. The molecule has 59 heavy (non-hydrogen) atoms. The minimum absolute atomic E-state index is 0.00440. The monoisotopic (exact) mass is 903 g/mol. The Morgan fingerprint density at radius 1 is 0.746 bits per heavy atom. The van der Waals surface area contributed by atoms with Crippen molar-refractivity contribution in [3.8, 4) is 0 Å². The van der Waals surface area contributed by atoms with Gasteiger partial charge in [-0.1, -0.05) is 24.6 Å². The first-order chi connectivity index (χ1) is 27.3. The topological polar surface area (TPSA) is 270 Å². The summed E-state index contributed by atoms with van der Waals surface area (Å²) in [6.07, 6.45) is 10.4. The highest BCUT2D eigenvalue weighted by atomic mass is 32.2.